The second-order valence-electron chi connectivity index (χ2n) is 12.7. The molecular weight excluding hydrogens is 708 g/mol. The minimum absolute atomic E-state index is 0.0212. The summed E-state index contributed by atoms with van der Waals surface area (Å²) in [5.41, 5.74) is 2.83. The molecule has 1 aliphatic rings. The molecule has 2 aromatic heterocycles. The van der Waals surface area contributed by atoms with Gasteiger partial charge in [0, 0.05) is 25.7 Å². The first-order valence-corrected chi connectivity index (χ1v) is 17.4. The third kappa shape index (κ3) is 7.59. The van der Waals surface area contributed by atoms with E-state index in [1.54, 1.807) is 23.8 Å². The second kappa shape index (κ2) is 16.4. The molecule has 0 unspecified atom stereocenters. The first-order chi connectivity index (χ1) is 26.8. The Bertz CT molecular complexity index is 2180. The Labute approximate surface area is 315 Å². The first-order valence-electron chi connectivity index (χ1n) is 17.4. The van der Waals surface area contributed by atoms with Gasteiger partial charge in [-0.2, -0.15) is 0 Å². The highest BCUT2D eigenvalue weighted by molar-refractivity contribution is 5.93. The zero-order valence-electron chi connectivity index (χ0n) is 29.9. The summed E-state index contributed by atoms with van der Waals surface area (Å²) in [6, 6.07) is 33.4. The zero-order valence-corrected chi connectivity index (χ0v) is 29.9. The Morgan fingerprint density at radius 2 is 1.56 bits per heavy atom. The molecule has 55 heavy (non-hydrogen) atoms. The molecule has 0 radical (unpaired) electrons. The van der Waals surface area contributed by atoms with Gasteiger partial charge in [0.05, 0.1) is 31.6 Å². The van der Waals surface area contributed by atoms with E-state index in [4.69, 9.17) is 23.7 Å². The van der Waals surface area contributed by atoms with Gasteiger partial charge in [0.1, 0.15) is 36.0 Å². The van der Waals surface area contributed by atoms with Crippen molar-refractivity contribution in [1.82, 2.24) is 19.5 Å². The highest BCUT2D eigenvalue weighted by Crippen LogP contribution is 2.43. The smallest absolute Gasteiger partial charge is 0.412 e. The average Bonchev–Trinajstić information content (AvgIpc) is 3.80. The molecule has 15 heteroatoms. The van der Waals surface area contributed by atoms with Crippen molar-refractivity contribution in [3.63, 3.8) is 0 Å². The van der Waals surface area contributed by atoms with Crippen molar-refractivity contribution < 1.29 is 38.5 Å². The quantitative estimate of drug-likeness (QED) is 0.0776. The van der Waals surface area contributed by atoms with Gasteiger partial charge in [-0.25, -0.2) is 19.7 Å². The predicted octanol–water partition coefficient (Wildman–Crippen LogP) is 5.82. The number of nitro groups is 1. The van der Waals surface area contributed by atoms with E-state index in [0.717, 1.165) is 22.3 Å². The van der Waals surface area contributed by atoms with Crippen LogP contribution >= 0.6 is 0 Å². The predicted molar refractivity (Wildman–Crippen MR) is 200 cm³/mol. The molecule has 1 saturated heterocycles. The number of imidazole rings is 1. The van der Waals surface area contributed by atoms with Crippen LogP contribution in [0, 0.1) is 10.1 Å². The van der Waals surface area contributed by atoms with Gasteiger partial charge in [-0.15, -0.1) is 0 Å². The number of nitrogens with one attached hydrogen (secondary N) is 1. The normalized spacial score (nSPS) is 18.2. The van der Waals surface area contributed by atoms with Crippen molar-refractivity contribution in [2.45, 2.75) is 36.6 Å². The molecule has 1 aliphatic heterocycles. The third-order valence-electron chi connectivity index (χ3n) is 9.53. The van der Waals surface area contributed by atoms with Crippen molar-refractivity contribution in [3.05, 3.63) is 154 Å². The lowest BCUT2D eigenvalue weighted by Crippen LogP contribution is -2.40. The maximum absolute atomic E-state index is 12.7. The van der Waals surface area contributed by atoms with Crippen LogP contribution in [0.3, 0.4) is 0 Å². The van der Waals surface area contributed by atoms with Crippen LogP contribution in [0.25, 0.3) is 11.2 Å². The van der Waals surface area contributed by atoms with Gasteiger partial charge in [0.2, 0.25) is 0 Å². The highest BCUT2D eigenvalue weighted by atomic mass is 16.6. The van der Waals surface area contributed by atoms with Crippen LogP contribution in [0.15, 0.2) is 122 Å². The first kappa shape index (κ1) is 37.1. The van der Waals surface area contributed by atoms with Gasteiger partial charge in [-0.05, 0) is 34.4 Å². The summed E-state index contributed by atoms with van der Waals surface area (Å²) >= 11 is 0. The van der Waals surface area contributed by atoms with E-state index in [1.807, 2.05) is 84.9 Å². The van der Waals surface area contributed by atoms with Crippen molar-refractivity contribution in [2.24, 2.45) is 0 Å². The number of carbonyl (C=O) groups excluding carboxylic acids is 1. The van der Waals surface area contributed by atoms with Gasteiger partial charge < -0.3 is 28.8 Å². The van der Waals surface area contributed by atoms with E-state index < -0.39 is 41.2 Å². The number of nitro benzene ring substituents is 1. The second-order valence-corrected chi connectivity index (χ2v) is 12.7. The molecular formula is C40H38N6O9. The van der Waals surface area contributed by atoms with E-state index in [0.29, 0.717) is 17.8 Å². The molecule has 0 spiro atoms. The molecule has 282 valence electrons. The molecule has 1 amide bonds. The summed E-state index contributed by atoms with van der Waals surface area (Å²) in [6.07, 6.45) is -1.35. The number of hydrogen-bond acceptors (Lipinski definition) is 12. The van der Waals surface area contributed by atoms with Crippen molar-refractivity contribution in [3.8, 4) is 5.75 Å². The molecule has 4 aromatic carbocycles. The van der Waals surface area contributed by atoms with Crippen molar-refractivity contribution in [1.29, 1.82) is 0 Å². The Kier molecular flexibility index (Phi) is 11.1. The SMILES string of the molecule is COc1ccc(C(OC[C@H]2O[C@@H](n3cnc4c(NC(=O)OCCc5ccc([N+](=O)[O-])cc5)ncnc43)[C@H](OC)[C@@H]2O)(c2ccccc2)c2ccccc2)cc1. The van der Waals surface area contributed by atoms with Gasteiger partial charge in [-0.1, -0.05) is 84.9 Å². The summed E-state index contributed by atoms with van der Waals surface area (Å²) in [6.45, 7) is -0.0130. The minimum Gasteiger partial charge on any atom is -0.497 e. The summed E-state index contributed by atoms with van der Waals surface area (Å²) < 4.78 is 31.7. The Balaban J connectivity index is 1.10. The summed E-state index contributed by atoms with van der Waals surface area (Å²) in [4.78, 5) is 36.2. The van der Waals surface area contributed by atoms with Gasteiger partial charge in [-0.3, -0.25) is 20.0 Å². The molecule has 15 nitrogen and oxygen atoms in total. The molecule has 0 bridgehead atoms. The lowest BCUT2D eigenvalue weighted by molar-refractivity contribution is -0.384. The minimum atomic E-state index is -1.11. The topological polar surface area (TPSA) is 182 Å². The Morgan fingerprint density at radius 1 is 0.909 bits per heavy atom. The highest BCUT2D eigenvalue weighted by Gasteiger charge is 2.48. The van der Waals surface area contributed by atoms with Crippen LogP contribution in [0.4, 0.5) is 16.3 Å². The molecule has 4 atom stereocenters. The maximum Gasteiger partial charge on any atom is 0.412 e. The van der Waals surface area contributed by atoms with Gasteiger partial charge in [0.25, 0.3) is 5.69 Å². The molecule has 7 rings (SSSR count). The Morgan fingerprint density at radius 3 is 2.18 bits per heavy atom. The van der Waals surface area contributed by atoms with E-state index in [-0.39, 0.29) is 30.2 Å². The molecule has 0 saturated carbocycles. The van der Waals surface area contributed by atoms with Crippen molar-refractivity contribution in [2.75, 3.05) is 32.8 Å². The number of aliphatic hydroxyl groups is 1. The molecule has 6 aromatic rings. The number of rotatable bonds is 14. The van der Waals surface area contributed by atoms with Crippen LogP contribution in [0.5, 0.6) is 5.75 Å². The number of methoxy groups -OCH3 is 2. The molecule has 3 heterocycles. The monoisotopic (exact) mass is 746 g/mol. The number of non-ortho nitro benzene ring substituents is 1. The largest absolute Gasteiger partial charge is 0.497 e. The number of benzene rings is 4. The fraction of sp³-hybridized carbons (Fsp3) is 0.250. The van der Waals surface area contributed by atoms with Crippen LogP contribution in [-0.2, 0) is 31.0 Å². The number of ether oxygens (including phenoxy) is 5. The summed E-state index contributed by atoms with van der Waals surface area (Å²) in [5.74, 6) is 0.803. The average molecular weight is 747 g/mol. The standard InChI is InChI=1S/C40H38N6O9/c1-51-31-19-15-29(16-20-31)40(27-9-5-3-6-10-27,28-11-7-4-8-12-28)54-23-32-34(47)35(52-2)38(55-32)45-25-43-33-36(41-24-42-37(33)45)44-39(48)53-22-21-26-13-17-30(18-14-26)46(49)50/h3-20,24-25,32,34-35,38,47H,21-23H2,1-2H3,(H,41,42,44,48)/t32-,34-,35-,38-/m1/s1. The van der Waals surface area contributed by atoms with Gasteiger partial charge >= 0.3 is 6.09 Å². The van der Waals surface area contributed by atoms with E-state index >= 15 is 0 Å². The maximum atomic E-state index is 12.7. The van der Waals surface area contributed by atoms with Crippen molar-refractivity contribution >= 4 is 28.8 Å². The van der Waals surface area contributed by atoms with E-state index in [1.165, 1.54) is 31.9 Å². The summed E-state index contributed by atoms with van der Waals surface area (Å²) in [7, 11) is 3.10. The molecule has 2 N–H and O–H groups in total. The Hall–Kier alpha value is -6.26. The lowest BCUT2D eigenvalue weighted by atomic mass is 9.80. The van der Waals surface area contributed by atoms with E-state index in [2.05, 4.69) is 20.3 Å². The number of amides is 1. The number of fused-ring (bicyclic) bond motifs is 1. The number of hydrogen-bond donors (Lipinski definition) is 2. The molecule has 0 aliphatic carbocycles. The number of nitrogens with zero attached hydrogens (tertiary/aromatic N) is 5. The lowest BCUT2D eigenvalue weighted by Gasteiger charge is -2.37. The number of aromatic nitrogens is 4. The number of carbonyl (C=O) groups is 1. The fourth-order valence-corrected chi connectivity index (χ4v) is 6.77. The summed E-state index contributed by atoms with van der Waals surface area (Å²) in [5, 5.41) is 25.1. The van der Waals surface area contributed by atoms with E-state index in [9.17, 15) is 20.0 Å². The molecule has 1 fully saturated rings. The van der Waals surface area contributed by atoms with Crippen LogP contribution in [0.1, 0.15) is 28.5 Å². The van der Waals surface area contributed by atoms with Gasteiger partial charge in [0.15, 0.2) is 23.2 Å². The third-order valence-corrected chi connectivity index (χ3v) is 9.53. The van der Waals surface area contributed by atoms with Crippen LogP contribution < -0.4 is 10.1 Å². The number of anilines is 1. The fourth-order valence-electron chi connectivity index (χ4n) is 6.77. The van der Waals surface area contributed by atoms with Crippen LogP contribution in [-0.4, -0.2) is 81.4 Å². The zero-order chi connectivity index (χ0) is 38.4. The number of aliphatic hydroxyl groups excluding tert-OH is 1. The van der Waals surface area contributed by atoms with Crippen LogP contribution in [0.2, 0.25) is 0 Å².